The number of ketones is 2. The predicted molar refractivity (Wildman–Crippen MR) is 62.8 cm³/mol. The van der Waals surface area contributed by atoms with Gasteiger partial charge < -0.3 is 5.11 Å². The first-order valence-corrected chi connectivity index (χ1v) is 6.83. The summed E-state index contributed by atoms with van der Waals surface area (Å²) >= 11 is 0. The number of rotatable bonds is 4. The first kappa shape index (κ1) is 11.9. The molecule has 4 rings (SSSR count). The monoisotopic (exact) mass is 250 g/mol. The molecule has 1 N–H and O–H groups in total. The SMILES string of the molecule is O=C(O)C(=O)CC(=O)C1C2CC3CC(C2)CC1C3. The predicted octanol–water partition coefficient (Wildman–Crippen LogP) is 1.67. The van der Waals surface area contributed by atoms with Crippen LogP contribution in [0.3, 0.4) is 0 Å². The van der Waals surface area contributed by atoms with Crippen LogP contribution in [0, 0.1) is 29.6 Å². The van der Waals surface area contributed by atoms with Gasteiger partial charge in [-0.25, -0.2) is 4.79 Å². The molecule has 0 radical (unpaired) electrons. The molecule has 4 nitrogen and oxygen atoms in total. The van der Waals surface area contributed by atoms with Crippen molar-refractivity contribution in [3.05, 3.63) is 0 Å². The molecule has 4 bridgehead atoms. The lowest BCUT2D eigenvalue weighted by Gasteiger charge is -2.53. The van der Waals surface area contributed by atoms with Crippen molar-refractivity contribution in [2.24, 2.45) is 29.6 Å². The van der Waals surface area contributed by atoms with Gasteiger partial charge >= 0.3 is 5.97 Å². The number of Topliss-reactive ketones (excluding diaryl/α,β-unsaturated/α-hetero) is 2. The summed E-state index contributed by atoms with van der Waals surface area (Å²) in [4.78, 5) is 33.9. The summed E-state index contributed by atoms with van der Waals surface area (Å²) in [5.74, 6) is -0.151. The van der Waals surface area contributed by atoms with E-state index in [2.05, 4.69) is 0 Å². The molecule has 0 aliphatic heterocycles. The number of hydrogen-bond donors (Lipinski definition) is 1. The Morgan fingerprint density at radius 2 is 1.39 bits per heavy atom. The normalized spacial score (nSPS) is 40.8. The number of carbonyl (C=O) groups is 3. The Kier molecular flexibility index (Phi) is 2.76. The van der Waals surface area contributed by atoms with E-state index in [0.717, 1.165) is 37.5 Å². The Bertz CT molecular complexity index is 384. The van der Waals surface area contributed by atoms with E-state index in [1.54, 1.807) is 0 Å². The first-order chi connectivity index (χ1) is 8.54. The zero-order valence-corrected chi connectivity index (χ0v) is 10.3. The van der Waals surface area contributed by atoms with Gasteiger partial charge in [0.1, 0.15) is 5.78 Å². The summed E-state index contributed by atoms with van der Waals surface area (Å²) in [6, 6.07) is 0. The first-order valence-electron chi connectivity index (χ1n) is 6.83. The standard InChI is InChI=1S/C14H18O4/c15-11(6-12(16)14(17)18)13-9-2-7-1-8(4-9)5-10(13)3-7/h7-10,13H,1-6H2,(H,17,18). The molecule has 0 aromatic heterocycles. The highest BCUT2D eigenvalue weighted by Gasteiger charge is 2.50. The molecule has 0 aromatic carbocycles. The maximum atomic E-state index is 12.2. The summed E-state index contributed by atoms with van der Waals surface area (Å²) in [6.07, 6.45) is 5.38. The van der Waals surface area contributed by atoms with E-state index in [4.69, 9.17) is 5.11 Å². The minimum absolute atomic E-state index is 0.0268. The average molecular weight is 250 g/mol. The van der Waals surface area contributed by atoms with Crippen LogP contribution in [0.15, 0.2) is 0 Å². The fourth-order valence-electron chi connectivity index (χ4n) is 4.80. The summed E-state index contributed by atoms with van der Waals surface area (Å²) < 4.78 is 0. The van der Waals surface area contributed by atoms with Crippen molar-refractivity contribution in [1.82, 2.24) is 0 Å². The van der Waals surface area contributed by atoms with Crippen molar-refractivity contribution >= 4 is 17.5 Å². The van der Waals surface area contributed by atoms with Crippen LogP contribution in [0.1, 0.15) is 38.5 Å². The smallest absolute Gasteiger partial charge is 0.372 e. The molecule has 0 aromatic rings. The van der Waals surface area contributed by atoms with Crippen LogP contribution in [0.4, 0.5) is 0 Å². The number of aliphatic carboxylic acids is 1. The van der Waals surface area contributed by atoms with Crippen LogP contribution in [0.2, 0.25) is 0 Å². The number of carbonyl (C=O) groups excluding carboxylic acids is 2. The Labute approximate surface area is 106 Å². The van der Waals surface area contributed by atoms with Gasteiger partial charge in [0, 0.05) is 5.92 Å². The molecule has 4 aliphatic carbocycles. The molecule has 0 spiro atoms. The maximum Gasteiger partial charge on any atom is 0.372 e. The van der Waals surface area contributed by atoms with Crippen LogP contribution < -0.4 is 0 Å². The van der Waals surface area contributed by atoms with Crippen LogP contribution in [-0.4, -0.2) is 22.6 Å². The van der Waals surface area contributed by atoms with Crippen molar-refractivity contribution in [1.29, 1.82) is 0 Å². The topological polar surface area (TPSA) is 71.4 Å². The van der Waals surface area contributed by atoms with Gasteiger partial charge in [0.25, 0.3) is 0 Å². The largest absolute Gasteiger partial charge is 0.475 e. The van der Waals surface area contributed by atoms with E-state index < -0.39 is 18.2 Å². The van der Waals surface area contributed by atoms with E-state index in [9.17, 15) is 14.4 Å². The third kappa shape index (κ3) is 1.88. The molecular formula is C14H18O4. The lowest BCUT2D eigenvalue weighted by atomic mass is 9.51. The van der Waals surface area contributed by atoms with Gasteiger partial charge in [0.2, 0.25) is 5.78 Å². The second-order valence-corrected chi connectivity index (χ2v) is 6.33. The molecule has 4 saturated carbocycles. The minimum atomic E-state index is -1.48. The molecule has 98 valence electrons. The lowest BCUT2D eigenvalue weighted by molar-refractivity contribution is -0.152. The van der Waals surface area contributed by atoms with E-state index in [-0.39, 0.29) is 11.7 Å². The van der Waals surface area contributed by atoms with Crippen molar-refractivity contribution in [3.8, 4) is 0 Å². The van der Waals surface area contributed by atoms with Gasteiger partial charge in [-0.15, -0.1) is 0 Å². The van der Waals surface area contributed by atoms with Gasteiger partial charge in [0.05, 0.1) is 6.42 Å². The Morgan fingerprint density at radius 3 is 1.83 bits per heavy atom. The van der Waals surface area contributed by atoms with E-state index in [1.165, 1.54) is 6.42 Å². The number of hydrogen-bond acceptors (Lipinski definition) is 3. The second-order valence-electron chi connectivity index (χ2n) is 6.33. The van der Waals surface area contributed by atoms with Gasteiger partial charge in [-0.05, 0) is 55.8 Å². The molecule has 0 saturated heterocycles. The van der Waals surface area contributed by atoms with Gasteiger partial charge in [-0.3, -0.25) is 9.59 Å². The van der Waals surface area contributed by atoms with Gasteiger partial charge in [0.15, 0.2) is 0 Å². The van der Waals surface area contributed by atoms with Crippen molar-refractivity contribution in [2.75, 3.05) is 0 Å². The Hall–Kier alpha value is -1.19. The summed E-state index contributed by atoms with van der Waals surface area (Å²) in [7, 11) is 0. The summed E-state index contributed by atoms with van der Waals surface area (Å²) in [5, 5.41) is 8.58. The van der Waals surface area contributed by atoms with Crippen LogP contribution in [0.25, 0.3) is 0 Å². The van der Waals surface area contributed by atoms with Gasteiger partial charge in [-0.2, -0.15) is 0 Å². The molecule has 4 heteroatoms. The van der Waals surface area contributed by atoms with Crippen molar-refractivity contribution in [2.45, 2.75) is 38.5 Å². The lowest BCUT2D eigenvalue weighted by Crippen LogP contribution is -2.48. The van der Waals surface area contributed by atoms with Crippen molar-refractivity contribution < 1.29 is 19.5 Å². The highest BCUT2D eigenvalue weighted by atomic mass is 16.4. The summed E-state index contributed by atoms with van der Waals surface area (Å²) in [5.41, 5.74) is 0. The fourth-order valence-corrected chi connectivity index (χ4v) is 4.80. The van der Waals surface area contributed by atoms with Gasteiger partial charge in [-0.1, -0.05) is 0 Å². The van der Waals surface area contributed by atoms with E-state index in [0.29, 0.717) is 11.8 Å². The van der Waals surface area contributed by atoms with E-state index in [1.807, 2.05) is 0 Å². The number of carboxylic acid groups (broad SMARTS) is 1. The quantitative estimate of drug-likeness (QED) is 0.608. The van der Waals surface area contributed by atoms with Crippen molar-refractivity contribution in [3.63, 3.8) is 0 Å². The molecule has 4 fully saturated rings. The molecular weight excluding hydrogens is 232 g/mol. The third-order valence-corrected chi connectivity index (χ3v) is 5.17. The third-order valence-electron chi connectivity index (χ3n) is 5.17. The zero-order chi connectivity index (χ0) is 12.9. The van der Waals surface area contributed by atoms with Crippen LogP contribution in [0.5, 0.6) is 0 Å². The molecule has 0 atom stereocenters. The molecule has 0 unspecified atom stereocenters. The molecule has 4 aliphatic rings. The van der Waals surface area contributed by atoms with Crippen LogP contribution >= 0.6 is 0 Å². The molecule has 18 heavy (non-hydrogen) atoms. The zero-order valence-electron chi connectivity index (χ0n) is 10.3. The maximum absolute atomic E-state index is 12.2. The van der Waals surface area contributed by atoms with E-state index >= 15 is 0 Å². The minimum Gasteiger partial charge on any atom is -0.475 e. The molecule has 0 heterocycles. The molecule has 0 amide bonds. The summed E-state index contributed by atoms with van der Waals surface area (Å²) in [6.45, 7) is 0. The Balaban J connectivity index is 1.71. The highest BCUT2D eigenvalue weighted by Crippen LogP contribution is 2.56. The van der Waals surface area contributed by atoms with Crippen LogP contribution in [-0.2, 0) is 14.4 Å². The average Bonchev–Trinajstić information content (AvgIpc) is 2.26. The second kappa shape index (κ2) is 4.18. The number of carboxylic acids is 1. The highest BCUT2D eigenvalue weighted by molar-refractivity contribution is 6.36. The Morgan fingerprint density at radius 1 is 0.889 bits per heavy atom. The fraction of sp³-hybridized carbons (Fsp3) is 0.786.